The standard InChI is InChI=1S/C17H26N2O3/c1-3-4-5-8-12(2)18-15(20)11-19-16(21)13-9-6-7-10-14(13)17(19)22/h6-7,12-14H,3-5,8-11H2,1-2H3,(H,18,20). The van der Waals surface area contributed by atoms with Gasteiger partial charge in [-0.3, -0.25) is 19.3 Å². The average Bonchev–Trinajstić information content (AvgIpc) is 2.73. The molecule has 5 nitrogen and oxygen atoms in total. The maximum atomic E-state index is 12.3. The van der Waals surface area contributed by atoms with Gasteiger partial charge in [-0.25, -0.2) is 0 Å². The van der Waals surface area contributed by atoms with Crippen LogP contribution in [0, 0.1) is 11.8 Å². The highest BCUT2D eigenvalue weighted by Gasteiger charge is 2.47. The Balaban J connectivity index is 1.84. The molecule has 0 saturated carbocycles. The quantitative estimate of drug-likeness (QED) is 0.444. The smallest absolute Gasteiger partial charge is 0.240 e. The number of amides is 3. The van der Waals surface area contributed by atoms with Crippen LogP contribution in [0.3, 0.4) is 0 Å². The first-order valence-electron chi connectivity index (χ1n) is 8.34. The summed E-state index contributed by atoms with van der Waals surface area (Å²) in [7, 11) is 0. The van der Waals surface area contributed by atoms with Gasteiger partial charge in [-0.05, 0) is 26.2 Å². The van der Waals surface area contributed by atoms with Gasteiger partial charge in [0.25, 0.3) is 0 Å². The number of hydrogen-bond donors (Lipinski definition) is 1. The SMILES string of the molecule is CCCCCC(C)NC(=O)CN1C(=O)C2CC=CCC2C1=O. The number of allylic oxidation sites excluding steroid dienone is 2. The number of carbonyl (C=O) groups excluding carboxylic acids is 3. The molecule has 0 radical (unpaired) electrons. The summed E-state index contributed by atoms with van der Waals surface area (Å²) in [6.45, 7) is 3.97. The first kappa shape index (κ1) is 16.7. The molecule has 22 heavy (non-hydrogen) atoms. The van der Waals surface area contributed by atoms with Gasteiger partial charge in [0.2, 0.25) is 17.7 Å². The van der Waals surface area contributed by atoms with Crippen molar-refractivity contribution in [3.8, 4) is 0 Å². The highest BCUT2D eigenvalue weighted by molar-refractivity contribution is 6.07. The number of hydrogen-bond acceptors (Lipinski definition) is 3. The zero-order chi connectivity index (χ0) is 16.1. The predicted octanol–water partition coefficient (Wildman–Crippen LogP) is 2.02. The van der Waals surface area contributed by atoms with E-state index in [9.17, 15) is 14.4 Å². The maximum Gasteiger partial charge on any atom is 0.240 e. The molecule has 0 aromatic rings. The number of carbonyl (C=O) groups is 3. The molecular formula is C17H26N2O3. The van der Waals surface area contributed by atoms with Crippen molar-refractivity contribution in [3.05, 3.63) is 12.2 Å². The van der Waals surface area contributed by atoms with Gasteiger partial charge in [0.1, 0.15) is 6.54 Å². The minimum Gasteiger partial charge on any atom is -0.352 e. The van der Waals surface area contributed by atoms with Gasteiger partial charge in [0.05, 0.1) is 11.8 Å². The molecule has 0 spiro atoms. The molecule has 1 N–H and O–H groups in total. The number of nitrogens with zero attached hydrogens (tertiary/aromatic N) is 1. The lowest BCUT2D eigenvalue weighted by atomic mass is 9.85. The summed E-state index contributed by atoms with van der Waals surface area (Å²) < 4.78 is 0. The van der Waals surface area contributed by atoms with Gasteiger partial charge in [-0.2, -0.15) is 0 Å². The molecule has 0 aromatic carbocycles. The molecule has 2 rings (SSSR count). The van der Waals surface area contributed by atoms with E-state index in [2.05, 4.69) is 12.2 Å². The van der Waals surface area contributed by atoms with Crippen molar-refractivity contribution in [3.63, 3.8) is 0 Å². The van der Waals surface area contributed by atoms with Crippen LogP contribution < -0.4 is 5.32 Å². The Labute approximate surface area is 132 Å². The first-order chi connectivity index (χ1) is 10.5. The van der Waals surface area contributed by atoms with Crippen molar-refractivity contribution in [2.24, 2.45) is 11.8 Å². The lowest BCUT2D eigenvalue weighted by Crippen LogP contribution is -2.43. The Hall–Kier alpha value is -1.65. The molecule has 1 fully saturated rings. The number of imide groups is 1. The van der Waals surface area contributed by atoms with Crippen molar-refractivity contribution in [2.75, 3.05) is 6.54 Å². The fourth-order valence-corrected chi connectivity index (χ4v) is 3.26. The molecule has 3 atom stereocenters. The third-order valence-electron chi connectivity index (χ3n) is 4.55. The molecule has 1 saturated heterocycles. The molecule has 1 aliphatic carbocycles. The zero-order valence-electron chi connectivity index (χ0n) is 13.5. The second kappa shape index (κ2) is 7.56. The lowest BCUT2D eigenvalue weighted by molar-refractivity contribution is -0.143. The Kier molecular flexibility index (Phi) is 5.75. The van der Waals surface area contributed by atoms with Crippen molar-refractivity contribution in [1.82, 2.24) is 10.2 Å². The van der Waals surface area contributed by atoms with Gasteiger partial charge in [-0.1, -0.05) is 38.3 Å². The topological polar surface area (TPSA) is 66.5 Å². The van der Waals surface area contributed by atoms with Gasteiger partial charge in [0.15, 0.2) is 0 Å². The van der Waals surface area contributed by atoms with Crippen LogP contribution in [0.4, 0.5) is 0 Å². The fourth-order valence-electron chi connectivity index (χ4n) is 3.26. The summed E-state index contributed by atoms with van der Waals surface area (Å²) in [6, 6.07) is 0.0794. The van der Waals surface area contributed by atoms with Gasteiger partial charge < -0.3 is 5.32 Å². The Morgan fingerprint density at radius 1 is 1.23 bits per heavy atom. The van der Waals surface area contributed by atoms with Gasteiger partial charge >= 0.3 is 0 Å². The second-order valence-corrected chi connectivity index (χ2v) is 6.38. The molecule has 1 heterocycles. The monoisotopic (exact) mass is 306 g/mol. The number of nitrogens with one attached hydrogen (secondary N) is 1. The summed E-state index contributed by atoms with van der Waals surface area (Å²) in [4.78, 5) is 37.8. The van der Waals surface area contributed by atoms with Crippen LogP contribution in [0.5, 0.6) is 0 Å². The van der Waals surface area contributed by atoms with Crippen molar-refractivity contribution in [2.45, 2.75) is 58.4 Å². The van der Waals surface area contributed by atoms with Crippen LogP contribution in [0.25, 0.3) is 0 Å². The van der Waals surface area contributed by atoms with Gasteiger partial charge in [-0.15, -0.1) is 0 Å². The molecule has 2 aliphatic rings. The predicted molar refractivity (Wildman–Crippen MR) is 83.8 cm³/mol. The second-order valence-electron chi connectivity index (χ2n) is 6.38. The van der Waals surface area contributed by atoms with E-state index in [0.717, 1.165) is 30.6 Å². The lowest BCUT2D eigenvalue weighted by Gasteiger charge is -2.18. The molecular weight excluding hydrogens is 280 g/mol. The average molecular weight is 306 g/mol. The highest BCUT2D eigenvalue weighted by atomic mass is 16.2. The van der Waals surface area contributed by atoms with Crippen LogP contribution in [-0.4, -0.2) is 35.2 Å². The number of rotatable bonds is 7. The van der Waals surface area contributed by atoms with Crippen LogP contribution in [0.2, 0.25) is 0 Å². The maximum absolute atomic E-state index is 12.3. The van der Waals surface area contributed by atoms with Gasteiger partial charge in [0, 0.05) is 6.04 Å². The molecule has 5 heteroatoms. The Bertz CT molecular complexity index is 447. The van der Waals surface area contributed by atoms with E-state index in [-0.39, 0.29) is 42.1 Å². The molecule has 1 aliphatic heterocycles. The van der Waals surface area contributed by atoms with Crippen molar-refractivity contribution >= 4 is 17.7 Å². The van der Waals surface area contributed by atoms with E-state index in [1.54, 1.807) is 0 Å². The third-order valence-corrected chi connectivity index (χ3v) is 4.55. The van der Waals surface area contributed by atoms with E-state index < -0.39 is 0 Å². The number of likely N-dealkylation sites (tertiary alicyclic amines) is 1. The van der Waals surface area contributed by atoms with Crippen molar-refractivity contribution < 1.29 is 14.4 Å². The van der Waals surface area contributed by atoms with Crippen LogP contribution >= 0.6 is 0 Å². The van der Waals surface area contributed by atoms with Crippen LogP contribution in [0.1, 0.15) is 52.4 Å². The first-order valence-corrected chi connectivity index (χ1v) is 8.34. The molecule has 0 aromatic heterocycles. The van der Waals surface area contributed by atoms with E-state index >= 15 is 0 Å². The molecule has 122 valence electrons. The van der Waals surface area contributed by atoms with E-state index in [1.165, 1.54) is 0 Å². The Morgan fingerprint density at radius 3 is 2.36 bits per heavy atom. The minimum atomic E-state index is -0.257. The third kappa shape index (κ3) is 3.76. The summed E-state index contributed by atoms with van der Waals surface area (Å²) in [5.41, 5.74) is 0. The summed E-state index contributed by atoms with van der Waals surface area (Å²) in [6.07, 6.45) is 9.43. The minimum absolute atomic E-state index is 0.0794. The van der Waals surface area contributed by atoms with E-state index in [1.807, 2.05) is 19.1 Å². The fraction of sp³-hybridized carbons (Fsp3) is 0.706. The summed E-state index contributed by atoms with van der Waals surface area (Å²) >= 11 is 0. The number of fused-ring (bicyclic) bond motifs is 1. The molecule has 3 amide bonds. The van der Waals surface area contributed by atoms with E-state index in [0.29, 0.717) is 12.8 Å². The normalized spacial score (nSPS) is 25.3. The Morgan fingerprint density at radius 2 is 1.82 bits per heavy atom. The van der Waals surface area contributed by atoms with Crippen LogP contribution in [0.15, 0.2) is 12.2 Å². The van der Waals surface area contributed by atoms with E-state index in [4.69, 9.17) is 0 Å². The zero-order valence-corrected chi connectivity index (χ0v) is 13.5. The summed E-state index contributed by atoms with van der Waals surface area (Å²) in [5, 5.41) is 2.89. The summed E-state index contributed by atoms with van der Waals surface area (Å²) in [5.74, 6) is -1.13. The molecule has 0 bridgehead atoms. The molecule has 3 unspecified atom stereocenters. The van der Waals surface area contributed by atoms with Crippen molar-refractivity contribution in [1.29, 1.82) is 0 Å². The largest absolute Gasteiger partial charge is 0.352 e. The van der Waals surface area contributed by atoms with Crippen LogP contribution in [-0.2, 0) is 14.4 Å². The number of unbranched alkanes of at least 4 members (excludes halogenated alkanes) is 2. The highest BCUT2D eigenvalue weighted by Crippen LogP contribution is 2.34.